The molecule has 2 aromatic rings. The van der Waals surface area contributed by atoms with Crippen LogP contribution in [0.3, 0.4) is 0 Å². The Morgan fingerprint density at radius 2 is 1.78 bits per heavy atom. The van der Waals surface area contributed by atoms with Gasteiger partial charge < -0.3 is 5.32 Å². The molecule has 23 heavy (non-hydrogen) atoms. The van der Waals surface area contributed by atoms with E-state index in [4.69, 9.17) is 23.2 Å². The minimum absolute atomic E-state index is 0.0345. The molecule has 0 unspecified atom stereocenters. The average molecular weight is 373 g/mol. The van der Waals surface area contributed by atoms with Crippen LogP contribution in [0.2, 0.25) is 10.0 Å². The van der Waals surface area contributed by atoms with Crippen LogP contribution in [0.25, 0.3) is 0 Å². The number of halogens is 2. The Morgan fingerprint density at radius 1 is 1.09 bits per heavy atom. The number of aryl methyl sites for hydroxylation is 1. The van der Waals surface area contributed by atoms with Gasteiger partial charge in [-0.1, -0.05) is 29.3 Å². The van der Waals surface area contributed by atoms with Crippen LogP contribution in [-0.4, -0.2) is 21.4 Å². The highest BCUT2D eigenvalue weighted by Crippen LogP contribution is 2.28. The zero-order chi connectivity index (χ0) is 17.2. The third-order valence-corrected chi connectivity index (χ3v) is 5.08. The average Bonchev–Trinajstić information content (AvgIpc) is 2.49. The van der Waals surface area contributed by atoms with E-state index in [9.17, 15) is 13.2 Å². The fourth-order valence-electron chi connectivity index (χ4n) is 1.92. The van der Waals surface area contributed by atoms with Crippen LogP contribution in [0.15, 0.2) is 41.3 Å². The Morgan fingerprint density at radius 3 is 2.39 bits per heavy atom. The number of carbonyl (C=O) groups is 1. The molecule has 0 aliphatic carbocycles. The Bertz CT molecular complexity index is 867. The molecular weight excluding hydrogens is 359 g/mol. The molecule has 0 aliphatic rings. The summed E-state index contributed by atoms with van der Waals surface area (Å²) in [4.78, 5) is 11.8. The van der Waals surface area contributed by atoms with Crippen molar-refractivity contribution >= 4 is 44.8 Å². The SMILES string of the molecule is CNC(=O)c1cc(S(=O)(=O)Nc2ccc(Cl)cc2Cl)ccc1C. The fourth-order valence-corrected chi connectivity index (χ4v) is 3.54. The van der Waals surface area contributed by atoms with Crippen LogP contribution < -0.4 is 10.0 Å². The molecule has 5 nitrogen and oxygen atoms in total. The monoisotopic (exact) mass is 372 g/mol. The van der Waals surface area contributed by atoms with Crippen molar-refractivity contribution in [1.29, 1.82) is 0 Å². The molecule has 0 saturated carbocycles. The van der Waals surface area contributed by atoms with E-state index < -0.39 is 10.0 Å². The minimum Gasteiger partial charge on any atom is -0.355 e. The number of hydrogen-bond acceptors (Lipinski definition) is 3. The largest absolute Gasteiger partial charge is 0.355 e. The lowest BCUT2D eigenvalue weighted by molar-refractivity contribution is 0.0962. The molecular formula is C15H14Cl2N2O3S. The van der Waals surface area contributed by atoms with Crippen molar-refractivity contribution in [2.24, 2.45) is 0 Å². The third-order valence-electron chi connectivity index (χ3n) is 3.17. The number of rotatable bonds is 4. The van der Waals surface area contributed by atoms with Crippen molar-refractivity contribution in [3.05, 3.63) is 57.6 Å². The van der Waals surface area contributed by atoms with Crippen molar-refractivity contribution < 1.29 is 13.2 Å². The van der Waals surface area contributed by atoms with Crippen molar-refractivity contribution in [2.75, 3.05) is 11.8 Å². The summed E-state index contributed by atoms with van der Waals surface area (Å²) in [5, 5.41) is 3.05. The second kappa shape index (κ2) is 6.78. The molecule has 122 valence electrons. The first-order valence-electron chi connectivity index (χ1n) is 6.55. The van der Waals surface area contributed by atoms with E-state index in [1.165, 1.54) is 37.4 Å². The van der Waals surface area contributed by atoms with Gasteiger partial charge in [0, 0.05) is 17.6 Å². The van der Waals surface area contributed by atoms with Crippen LogP contribution in [-0.2, 0) is 10.0 Å². The minimum atomic E-state index is -3.89. The summed E-state index contributed by atoms with van der Waals surface area (Å²) >= 11 is 11.8. The maximum Gasteiger partial charge on any atom is 0.261 e. The topological polar surface area (TPSA) is 75.3 Å². The second-order valence-corrected chi connectivity index (χ2v) is 7.31. The zero-order valence-electron chi connectivity index (χ0n) is 12.4. The normalized spacial score (nSPS) is 11.1. The van der Waals surface area contributed by atoms with Gasteiger partial charge in [-0.25, -0.2) is 8.42 Å². The molecule has 0 aliphatic heterocycles. The summed E-state index contributed by atoms with van der Waals surface area (Å²) in [6, 6.07) is 8.75. The maximum atomic E-state index is 12.5. The number of nitrogens with one attached hydrogen (secondary N) is 2. The van der Waals surface area contributed by atoms with Gasteiger partial charge in [-0.15, -0.1) is 0 Å². The summed E-state index contributed by atoms with van der Waals surface area (Å²) in [5.41, 5.74) is 1.17. The van der Waals surface area contributed by atoms with Crippen LogP contribution in [0, 0.1) is 6.92 Å². The molecule has 0 aromatic heterocycles. The van der Waals surface area contributed by atoms with Gasteiger partial charge in [0.2, 0.25) is 0 Å². The van der Waals surface area contributed by atoms with Crippen LogP contribution in [0.5, 0.6) is 0 Å². The molecule has 8 heteroatoms. The number of sulfonamides is 1. The zero-order valence-corrected chi connectivity index (χ0v) is 14.7. The standard InChI is InChI=1S/C15H14Cl2N2O3S/c1-9-3-5-11(8-12(9)15(20)18-2)23(21,22)19-14-6-4-10(16)7-13(14)17/h3-8,19H,1-2H3,(H,18,20). The molecule has 2 aromatic carbocycles. The highest BCUT2D eigenvalue weighted by atomic mass is 35.5. The van der Waals surface area contributed by atoms with Gasteiger partial charge in [0.1, 0.15) is 0 Å². The molecule has 0 bridgehead atoms. The van der Waals surface area contributed by atoms with E-state index in [0.717, 1.165) is 0 Å². The Labute approximate surface area is 144 Å². The van der Waals surface area contributed by atoms with E-state index in [2.05, 4.69) is 10.0 Å². The van der Waals surface area contributed by atoms with Gasteiger partial charge >= 0.3 is 0 Å². The molecule has 0 spiro atoms. The molecule has 0 heterocycles. The molecule has 0 fully saturated rings. The van der Waals surface area contributed by atoms with Crippen LogP contribution in [0.4, 0.5) is 5.69 Å². The highest BCUT2D eigenvalue weighted by molar-refractivity contribution is 7.92. The van der Waals surface area contributed by atoms with Gasteiger partial charge in [-0.05, 0) is 42.8 Å². The summed E-state index contributed by atoms with van der Waals surface area (Å²) in [6.45, 7) is 1.73. The molecule has 2 rings (SSSR count). The fraction of sp³-hybridized carbons (Fsp3) is 0.133. The number of benzene rings is 2. The van der Waals surface area contributed by atoms with E-state index >= 15 is 0 Å². The Kier molecular flexibility index (Phi) is 5.19. The first kappa shape index (κ1) is 17.6. The number of anilines is 1. The molecule has 0 atom stereocenters. The molecule has 0 radical (unpaired) electrons. The lowest BCUT2D eigenvalue weighted by Gasteiger charge is -2.12. The van der Waals surface area contributed by atoms with Crippen LogP contribution in [0.1, 0.15) is 15.9 Å². The third kappa shape index (κ3) is 3.96. The van der Waals surface area contributed by atoms with Crippen LogP contribution >= 0.6 is 23.2 Å². The van der Waals surface area contributed by atoms with Crippen molar-refractivity contribution in [3.8, 4) is 0 Å². The number of hydrogen-bond donors (Lipinski definition) is 2. The first-order chi connectivity index (χ1) is 10.7. The van der Waals surface area contributed by atoms with Crippen molar-refractivity contribution in [1.82, 2.24) is 5.32 Å². The number of carbonyl (C=O) groups excluding carboxylic acids is 1. The molecule has 2 N–H and O–H groups in total. The van der Waals surface area contributed by atoms with E-state index in [-0.39, 0.29) is 27.1 Å². The van der Waals surface area contributed by atoms with E-state index in [0.29, 0.717) is 10.6 Å². The van der Waals surface area contributed by atoms with Gasteiger partial charge in [0.15, 0.2) is 0 Å². The van der Waals surface area contributed by atoms with Crippen molar-refractivity contribution in [3.63, 3.8) is 0 Å². The van der Waals surface area contributed by atoms with E-state index in [1.807, 2.05) is 0 Å². The summed E-state index contributed by atoms with van der Waals surface area (Å²) in [7, 11) is -2.41. The van der Waals surface area contributed by atoms with Gasteiger partial charge in [0.05, 0.1) is 15.6 Å². The lowest BCUT2D eigenvalue weighted by atomic mass is 10.1. The quantitative estimate of drug-likeness (QED) is 0.862. The first-order valence-corrected chi connectivity index (χ1v) is 8.79. The van der Waals surface area contributed by atoms with Gasteiger partial charge in [0.25, 0.3) is 15.9 Å². The highest BCUT2D eigenvalue weighted by Gasteiger charge is 2.19. The Hall–Kier alpha value is -1.76. The Balaban J connectivity index is 2.42. The van der Waals surface area contributed by atoms with Gasteiger partial charge in [-0.2, -0.15) is 0 Å². The number of amides is 1. The lowest BCUT2D eigenvalue weighted by Crippen LogP contribution is -2.20. The van der Waals surface area contributed by atoms with Gasteiger partial charge in [-0.3, -0.25) is 9.52 Å². The van der Waals surface area contributed by atoms with Crippen molar-refractivity contribution in [2.45, 2.75) is 11.8 Å². The second-order valence-electron chi connectivity index (χ2n) is 4.79. The molecule has 0 saturated heterocycles. The summed E-state index contributed by atoms with van der Waals surface area (Å²) in [5.74, 6) is -0.357. The van der Waals surface area contributed by atoms with E-state index in [1.54, 1.807) is 13.0 Å². The predicted octanol–water partition coefficient (Wildman–Crippen LogP) is 3.46. The smallest absolute Gasteiger partial charge is 0.261 e. The predicted molar refractivity (Wildman–Crippen MR) is 91.8 cm³/mol. The summed E-state index contributed by atoms with van der Waals surface area (Å²) < 4.78 is 27.3. The molecule has 1 amide bonds. The summed E-state index contributed by atoms with van der Waals surface area (Å²) in [6.07, 6.45) is 0. The maximum absolute atomic E-state index is 12.5.